The van der Waals surface area contributed by atoms with E-state index in [1.54, 1.807) is 0 Å². The minimum Gasteiger partial charge on any atom is -0.384 e. The van der Waals surface area contributed by atoms with Crippen LogP contribution in [0.1, 0.15) is 5.69 Å². The molecule has 14 heavy (non-hydrogen) atoms. The number of hydrogen-bond donors (Lipinski definition) is 1. The van der Waals surface area contributed by atoms with Gasteiger partial charge in [0.05, 0.1) is 0 Å². The summed E-state index contributed by atoms with van der Waals surface area (Å²) in [5.74, 6) is 0.158. The van der Waals surface area contributed by atoms with Gasteiger partial charge in [-0.1, -0.05) is 0 Å². The average molecular weight is 202 g/mol. The fraction of sp³-hybridized carbons (Fsp3) is 0.143. The lowest BCUT2D eigenvalue weighted by molar-refractivity contribution is -0.141. The van der Waals surface area contributed by atoms with Crippen LogP contribution in [0.25, 0.3) is 5.65 Å². The van der Waals surface area contributed by atoms with Crippen LogP contribution in [0.2, 0.25) is 0 Å². The summed E-state index contributed by atoms with van der Waals surface area (Å²) in [6, 6.07) is 2.22. The molecule has 2 aromatic heterocycles. The number of aromatic nitrogens is 3. The lowest BCUT2D eigenvalue weighted by Crippen LogP contribution is -2.05. The van der Waals surface area contributed by atoms with Gasteiger partial charge in [0.25, 0.3) is 0 Å². The number of fused-ring (bicyclic) bond motifs is 1. The molecule has 0 fully saturated rings. The van der Waals surface area contributed by atoms with Crippen LogP contribution >= 0.6 is 0 Å². The van der Waals surface area contributed by atoms with Gasteiger partial charge in [0.2, 0.25) is 0 Å². The normalized spacial score (nSPS) is 12.2. The lowest BCUT2D eigenvalue weighted by atomic mass is 10.4. The average Bonchev–Trinajstić information content (AvgIpc) is 2.45. The van der Waals surface area contributed by atoms with Gasteiger partial charge >= 0.3 is 6.18 Å². The van der Waals surface area contributed by atoms with Crippen LogP contribution in [-0.4, -0.2) is 14.6 Å². The van der Waals surface area contributed by atoms with E-state index in [4.69, 9.17) is 5.73 Å². The number of alkyl halides is 3. The Balaban J connectivity index is 2.63. The number of halogens is 3. The third kappa shape index (κ3) is 1.36. The number of nitrogen functional groups attached to an aromatic ring is 1. The summed E-state index contributed by atoms with van der Waals surface area (Å²) >= 11 is 0. The highest BCUT2D eigenvalue weighted by atomic mass is 19.4. The van der Waals surface area contributed by atoms with Gasteiger partial charge in [-0.05, 0) is 6.07 Å². The Hall–Kier alpha value is -1.79. The van der Waals surface area contributed by atoms with Crippen molar-refractivity contribution in [1.82, 2.24) is 14.6 Å². The standard InChI is InChI=1S/C7H5F3N4/c8-7(9,10)4-3-6-12-5(11)1-2-14(6)13-4/h1-3H,(H2,11,12). The van der Waals surface area contributed by atoms with Crippen molar-refractivity contribution >= 4 is 11.5 Å². The summed E-state index contributed by atoms with van der Waals surface area (Å²) in [5.41, 5.74) is 4.41. The number of hydrogen-bond acceptors (Lipinski definition) is 3. The fourth-order valence-electron chi connectivity index (χ4n) is 1.03. The van der Waals surface area contributed by atoms with Gasteiger partial charge in [0.15, 0.2) is 11.3 Å². The van der Waals surface area contributed by atoms with Crippen LogP contribution in [0.5, 0.6) is 0 Å². The van der Waals surface area contributed by atoms with Crippen LogP contribution in [-0.2, 0) is 6.18 Å². The molecule has 0 bridgehead atoms. The Morgan fingerprint density at radius 3 is 2.71 bits per heavy atom. The highest BCUT2D eigenvalue weighted by molar-refractivity contribution is 5.45. The van der Waals surface area contributed by atoms with Crippen molar-refractivity contribution in [2.45, 2.75) is 6.18 Å². The van der Waals surface area contributed by atoms with E-state index in [0.717, 1.165) is 10.6 Å². The second-order valence-corrected chi connectivity index (χ2v) is 2.68. The summed E-state index contributed by atoms with van der Waals surface area (Å²) in [6.45, 7) is 0. The predicted molar refractivity (Wildman–Crippen MR) is 42.4 cm³/mol. The molecule has 0 aliphatic carbocycles. The van der Waals surface area contributed by atoms with Gasteiger partial charge in [0.1, 0.15) is 5.82 Å². The Kier molecular flexibility index (Phi) is 1.63. The molecule has 0 saturated heterocycles. The smallest absolute Gasteiger partial charge is 0.384 e. The van der Waals surface area contributed by atoms with Gasteiger partial charge in [-0.3, -0.25) is 0 Å². The van der Waals surface area contributed by atoms with Crippen molar-refractivity contribution in [2.24, 2.45) is 0 Å². The molecule has 0 amide bonds. The highest BCUT2D eigenvalue weighted by Gasteiger charge is 2.34. The maximum absolute atomic E-state index is 12.2. The zero-order chi connectivity index (χ0) is 10.3. The molecule has 0 unspecified atom stereocenters. The number of nitrogens with zero attached hydrogens (tertiary/aromatic N) is 3. The van der Waals surface area contributed by atoms with Crippen LogP contribution in [0.15, 0.2) is 18.3 Å². The largest absolute Gasteiger partial charge is 0.435 e. The highest BCUT2D eigenvalue weighted by Crippen LogP contribution is 2.28. The summed E-state index contributed by atoms with van der Waals surface area (Å²) < 4.78 is 37.6. The van der Waals surface area contributed by atoms with E-state index in [1.165, 1.54) is 12.3 Å². The Labute approximate surface area is 76.2 Å². The molecule has 2 heterocycles. The van der Waals surface area contributed by atoms with Crippen molar-refractivity contribution in [1.29, 1.82) is 0 Å². The van der Waals surface area contributed by atoms with E-state index < -0.39 is 11.9 Å². The summed E-state index contributed by atoms with van der Waals surface area (Å²) in [4.78, 5) is 3.69. The van der Waals surface area contributed by atoms with E-state index in [9.17, 15) is 13.2 Å². The first-order valence-electron chi connectivity index (χ1n) is 3.66. The summed E-state index contributed by atoms with van der Waals surface area (Å²) in [6.07, 6.45) is -3.13. The monoisotopic (exact) mass is 202 g/mol. The van der Waals surface area contributed by atoms with Crippen molar-refractivity contribution in [3.05, 3.63) is 24.0 Å². The molecule has 0 saturated carbocycles. The van der Waals surface area contributed by atoms with E-state index in [-0.39, 0.29) is 11.5 Å². The zero-order valence-electron chi connectivity index (χ0n) is 6.78. The summed E-state index contributed by atoms with van der Waals surface area (Å²) in [5, 5.41) is 3.30. The maximum atomic E-state index is 12.2. The minimum absolute atomic E-state index is 0.0809. The third-order valence-corrected chi connectivity index (χ3v) is 1.64. The van der Waals surface area contributed by atoms with Gasteiger partial charge in [-0.2, -0.15) is 18.3 Å². The van der Waals surface area contributed by atoms with Crippen LogP contribution < -0.4 is 5.73 Å². The number of rotatable bonds is 0. The third-order valence-electron chi connectivity index (χ3n) is 1.64. The van der Waals surface area contributed by atoms with Crippen molar-refractivity contribution < 1.29 is 13.2 Å². The second-order valence-electron chi connectivity index (χ2n) is 2.68. The quantitative estimate of drug-likeness (QED) is 0.701. The molecule has 2 rings (SSSR count). The van der Waals surface area contributed by atoms with Gasteiger partial charge in [-0.25, -0.2) is 9.50 Å². The van der Waals surface area contributed by atoms with Crippen LogP contribution in [0, 0.1) is 0 Å². The second kappa shape index (κ2) is 2.60. The zero-order valence-corrected chi connectivity index (χ0v) is 6.78. The van der Waals surface area contributed by atoms with E-state index >= 15 is 0 Å². The number of anilines is 1. The van der Waals surface area contributed by atoms with E-state index in [2.05, 4.69) is 10.1 Å². The van der Waals surface area contributed by atoms with Crippen LogP contribution in [0.4, 0.5) is 19.0 Å². The SMILES string of the molecule is Nc1ccn2nc(C(F)(F)F)cc2n1. The molecule has 0 atom stereocenters. The van der Waals surface area contributed by atoms with Crippen molar-refractivity contribution in [2.75, 3.05) is 5.73 Å². The van der Waals surface area contributed by atoms with Crippen LogP contribution in [0.3, 0.4) is 0 Å². The fourth-order valence-corrected chi connectivity index (χ4v) is 1.03. The molecule has 0 aromatic carbocycles. The molecule has 7 heteroatoms. The van der Waals surface area contributed by atoms with Gasteiger partial charge in [0, 0.05) is 12.3 Å². The first-order chi connectivity index (χ1) is 6.47. The van der Waals surface area contributed by atoms with Gasteiger partial charge in [-0.15, -0.1) is 0 Å². The van der Waals surface area contributed by atoms with E-state index in [1.807, 2.05) is 0 Å². The Morgan fingerprint density at radius 2 is 2.07 bits per heavy atom. The molecule has 2 aromatic rings. The minimum atomic E-state index is -4.46. The molecule has 2 N–H and O–H groups in total. The predicted octanol–water partition coefficient (Wildman–Crippen LogP) is 1.33. The van der Waals surface area contributed by atoms with Crippen molar-refractivity contribution in [3.63, 3.8) is 0 Å². The Morgan fingerprint density at radius 1 is 1.36 bits per heavy atom. The molecule has 0 radical (unpaired) electrons. The molecule has 0 aliphatic heterocycles. The first kappa shape index (κ1) is 8.79. The number of nitrogens with two attached hydrogens (primary N) is 1. The van der Waals surface area contributed by atoms with Crippen molar-refractivity contribution in [3.8, 4) is 0 Å². The maximum Gasteiger partial charge on any atom is 0.435 e. The topological polar surface area (TPSA) is 56.2 Å². The lowest BCUT2D eigenvalue weighted by Gasteiger charge is -1.98. The first-order valence-corrected chi connectivity index (χ1v) is 3.66. The molecule has 4 nitrogen and oxygen atoms in total. The molecule has 0 aliphatic rings. The molecular formula is C7H5F3N4. The molecule has 0 spiro atoms. The molecule has 74 valence electrons. The van der Waals surface area contributed by atoms with Gasteiger partial charge < -0.3 is 5.73 Å². The van der Waals surface area contributed by atoms with E-state index in [0.29, 0.717) is 0 Å². The Bertz CT molecular complexity index is 473. The molecular weight excluding hydrogens is 197 g/mol. The summed E-state index contributed by atoms with van der Waals surface area (Å²) in [7, 11) is 0.